The lowest BCUT2D eigenvalue weighted by molar-refractivity contribution is -0.0757. The standard InChI is InChI=1S/C17H33NO2/c1-3-14-7-5-8-15(11-14)20-16-9-6-10-17(12-16,13-19)18-4-2/h14-16,18-19H,3-13H2,1-2H3. The molecule has 4 unspecified atom stereocenters. The molecule has 2 fully saturated rings. The summed E-state index contributed by atoms with van der Waals surface area (Å²) in [5.41, 5.74) is -0.0868. The molecule has 0 amide bonds. The molecule has 3 nitrogen and oxygen atoms in total. The van der Waals surface area contributed by atoms with Crippen molar-refractivity contribution in [2.75, 3.05) is 13.2 Å². The van der Waals surface area contributed by atoms with Crippen molar-refractivity contribution in [2.45, 2.75) is 89.4 Å². The third-order valence-electron chi connectivity index (χ3n) is 5.35. The fourth-order valence-electron chi connectivity index (χ4n) is 4.17. The van der Waals surface area contributed by atoms with E-state index < -0.39 is 0 Å². The van der Waals surface area contributed by atoms with E-state index in [1.54, 1.807) is 0 Å². The molecule has 4 atom stereocenters. The van der Waals surface area contributed by atoms with E-state index in [1.807, 2.05) is 0 Å². The molecule has 0 aliphatic heterocycles. The van der Waals surface area contributed by atoms with Crippen molar-refractivity contribution in [3.05, 3.63) is 0 Å². The van der Waals surface area contributed by atoms with Gasteiger partial charge >= 0.3 is 0 Å². The molecular weight excluding hydrogens is 250 g/mol. The number of hydrogen-bond acceptors (Lipinski definition) is 3. The van der Waals surface area contributed by atoms with Crippen LogP contribution < -0.4 is 5.32 Å². The first-order valence-electron chi connectivity index (χ1n) is 8.72. The molecule has 118 valence electrons. The molecule has 0 saturated heterocycles. The van der Waals surface area contributed by atoms with Gasteiger partial charge in [-0.15, -0.1) is 0 Å². The minimum absolute atomic E-state index is 0.0868. The molecule has 2 aliphatic rings. The first kappa shape index (κ1) is 16.3. The molecule has 2 aliphatic carbocycles. The third-order valence-corrected chi connectivity index (χ3v) is 5.35. The van der Waals surface area contributed by atoms with Gasteiger partial charge in [0.15, 0.2) is 0 Å². The zero-order chi connectivity index (χ0) is 14.4. The second-order valence-corrected chi connectivity index (χ2v) is 6.89. The molecule has 0 aromatic rings. The van der Waals surface area contributed by atoms with Crippen LogP contribution in [0.15, 0.2) is 0 Å². The summed E-state index contributed by atoms with van der Waals surface area (Å²) in [5.74, 6) is 0.869. The van der Waals surface area contributed by atoms with Crippen molar-refractivity contribution in [3.63, 3.8) is 0 Å². The lowest BCUT2D eigenvalue weighted by atomic mass is 9.80. The Morgan fingerprint density at radius 1 is 1.15 bits per heavy atom. The summed E-state index contributed by atoms with van der Waals surface area (Å²) in [4.78, 5) is 0. The SMILES string of the molecule is CCNC1(CO)CCCC(OC2CCCC(CC)C2)C1. The average Bonchev–Trinajstić information content (AvgIpc) is 2.48. The number of aliphatic hydroxyl groups excluding tert-OH is 1. The zero-order valence-electron chi connectivity index (χ0n) is 13.4. The van der Waals surface area contributed by atoms with E-state index in [0.29, 0.717) is 12.2 Å². The summed E-state index contributed by atoms with van der Waals surface area (Å²) in [5, 5.41) is 13.3. The molecule has 0 aromatic carbocycles. The Hall–Kier alpha value is -0.120. The van der Waals surface area contributed by atoms with Crippen LogP contribution >= 0.6 is 0 Å². The molecular formula is C17H33NO2. The number of likely N-dealkylation sites (N-methyl/N-ethyl adjacent to an activating group) is 1. The normalized spacial score (nSPS) is 38.9. The Kier molecular flexibility index (Phi) is 6.31. The van der Waals surface area contributed by atoms with Crippen LogP contribution in [0.4, 0.5) is 0 Å². The highest BCUT2D eigenvalue weighted by Gasteiger charge is 2.36. The Bertz CT molecular complexity index is 280. The molecule has 0 radical (unpaired) electrons. The minimum Gasteiger partial charge on any atom is -0.394 e. The first-order valence-corrected chi connectivity index (χ1v) is 8.72. The smallest absolute Gasteiger partial charge is 0.0614 e. The Balaban J connectivity index is 1.85. The van der Waals surface area contributed by atoms with Gasteiger partial charge in [0.2, 0.25) is 0 Å². The number of nitrogens with one attached hydrogen (secondary N) is 1. The minimum atomic E-state index is -0.0868. The van der Waals surface area contributed by atoms with Crippen LogP contribution in [0.1, 0.15) is 71.6 Å². The highest BCUT2D eigenvalue weighted by atomic mass is 16.5. The number of aliphatic hydroxyl groups is 1. The predicted octanol–water partition coefficient (Wildman–Crippen LogP) is 3.26. The van der Waals surface area contributed by atoms with Crippen molar-refractivity contribution in [1.82, 2.24) is 5.32 Å². The third kappa shape index (κ3) is 4.19. The van der Waals surface area contributed by atoms with Gasteiger partial charge in [-0.2, -0.15) is 0 Å². The maximum absolute atomic E-state index is 9.76. The van der Waals surface area contributed by atoms with Gasteiger partial charge in [-0.05, 0) is 51.0 Å². The van der Waals surface area contributed by atoms with Gasteiger partial charge in [-0.1, -0.05) is 33.1 Å². The summed E-state index contributed by atoms with van der Waals surface area (Å²) in [6.45, 7) is 5.59. The first-order chi connectivity index (χ1) is 9.71. The van der Waals surface area contributed by atoms with Gasteiger partial charge in [0.25, 0.3) is 0 Å². The lowest BCUT2D eigenvalue weighted by Gasteiger charge is -2.42. The Labute approximate surface area is 124 Å². The van der Waals surface area contributed by atoms with E-state index in [2.05, 4.69) is 19.2 Å². The van der Waals surface area contributed by atoms with Crippen molar-refractivity contribution in [2.24, 2.45) is 5.92 Å². The van der Waals surface area contributed by atoms with E-state index in [9.17, 15) is 5.11 Å². The Morgan fingerprint density at radius 2 is 1.95 bits per heavy atom. The molecule has 0 heterocycles. The fraction of sp³-hybridized carbons (Fsp3) is 1.00. The number of ether oxygens (including phenoxy) is 1. The lowest BCUT2D eigenvalue weighted by Crippen LogP contribution is -2.53. The van der Waals surface area contributed by atoms with Gasteiger partial charge < -0.3 is 15.2 Å². The number of hydrogen-bond donors (Lipinski definition) is 2. The molecule has 3 heteroatoms. The highest BCUT2D eigenvalue weighted by molar-refractivity contribution is 4.94. The van der Waals surface area contributed by atoms with E-state index in [0.717, 1.165) is 25.3 Å². The quantitative estimate of drug-likeness (QED) is 0.786. The fourth-order valence-corrected chi connectivity index (χ4v) is 4.17. The molecule has 2 rings (SSSR count). The summed E-state index contributed by atoms with van der Waals surface area (Å²) in [6, 6.07) is 0. The predicted molar refractivity (Wildman–Crippen MR) is 82.9 cm³/mol. The van der Waals surface area contributed by atoms with E-state index in [1.165, 1.54) is 44.9 Å². The summed E-state index contributed by atoms with van der Waals surface area (Å²) >= 11 is 0. The van der Waals surface area contributed by atoms with Gasteiger partial charge in [0.1, 0.15) is 0 Å². The maximum Gasteiger partial charge on any atom is 0.0614 e. The van der Waals surface area contributed by atoms with Gasteiger partial charge in [-0.3, -0.25) is 0 Å². The van der Waals surface area contributed by atoms with Crippen LogP contribution in [-0.4, -0.2) is 36.0 Å². The largest absolute Gasteiger partial charge is 0.394 e. The second kappa shape index (κ2) is 7.77. The number of rotatable bonds is 6. The van der Waals surface area contributed by atoms with Crippen LogP contribution in [0.3, 0.4) is 0 Å². The molecule has 0 bridgehead atoms. The van der Waals surface area contributed by atoms with Crippen molar-refractivity contribution in [1.29, 1.82) is 0 Å². The Morgan fingerprint density at radius 3 is 2.65 bits per heavy atom. The van der Waals surface area contributed by atoms with Crippen molar-refractivity contribution >= 4 is 0 Å². The summed E-state index contributed by atoms with van der Waals surface area (Å²) in [7, 11) is 0. The average molecular weight is 283 g/mol. The van der Waals surface area contributed by atoms with E-state index >= 15 is 0 Å². The molecule has 20 heavy (non-hydrogen) atoms. The van der Waals surface area contributed by atoms with Crippen LogP contribution in [0.5, 0.6) is 0 Å². The van der Waals surface area contributed by atoms with E-state index in [4.69, 9.17) is 4.74 Å². The summed E-state index contributed by atoms with van der Waals surface area (Å²) in [6.07, 6.45) is 11.7. The second-order valence-electron chi connectivity index (χ2n) is 6.89. The summed E-state index contributed by atoms with van der Waals surface area (Å²) < 4.78 is 6.42. The van der Waals surface area contributed by atoms with Crippen molar-refractivity contribution < 1.29 is 9.84 Å². The van der Waals surface area contributed by atoms with Gasteiger partial charge in [0, 0.05) is 5.54 Å². The van der Waals surface area contributed by atoms with Crippen molar-refractivity contribution in [3.8, 4) is 0 Å². The van der Waals surface area contributed by atoms with Crippen LogP contribution in [-0.2, 0) is 4.74 Å². The van der Waals surface area contributed by atoms with Gasteiger partial charge in [0.05, 0.1) is 18.8 Å². The molecule has 0 aromatic heterocycles. The molecule has 0 spiro atoms. The monoisotopic (exact) mass is 283 g/mol. The molecule has 2 saturated carbocycles. The van der Waals surface area contributed by atoms with E-state index in [-0.39, 0.29) is 12.1 Å². The molecule has 2 N–H and O–H groups in total. The topological polar surface area (TPSA) is 41.5 Å². The highest BCUT2D eigenvalue weighted by Crippen LogP contribution is 2.34. The van der Waals surface area contributed by atoms with Gasteiger partial charge in [-0.25, -0.2) is 0 Å². The maximum atomic E-state index is 9.76. The zero-order valence-corrected chi connectivity index (χ0v) is 13.4. The van der Waals surface area contributed by atoms with Crippen LogP contribution in [0.25, 0.3) is 0 Å². The van der Waals surface area contributed by atoms with Crippen LogP contribution in [0.2, 0.25) is 0 Å². The van der Waals surface area contributed by atoms with Crippen LogP contribution in [0, 0.1) is 5.92 Å².